The number of ether oxygens (including phenoxy) is 1. The van der Waals surface area contributed by atoms with E-state index < -0.39 is 5.82 Å². The van der Waals surface area contributed by atoms with E-state index in [-0.39, 0.29) is 24.1 Å². The Morgan fingerprint density at radius 2 is 2.07 bits per heavy atom. The zero-order chi connectivity index (χ0) is 19.4. The Kier molecular flexibility index (Phi) is 6.10. The molecule has 1 N–H and O–H groups in total. The van der Waals surface area contributed by atoms with E-state index in [1.807, 2.05) is 6.92 Å². The molecule has 0 unspecified atom stereocenters. The molecule has 3 aromatic rings. The smallest absolute Gasteiger partial charge is 0.252 e. The summed E-state index contributed by atoms with van der Waals surface area (Å²) in [5, 5.41) is 3.12. The lowest BCUT2D eigenvalue weighted by atomic mass is 10.1. The van der Waals surface area contributed by atoms with E-state index in [0.29, 0.717) is 16.4 Å². The van der Waals surface area contributed by atoms with E-state index in [1.165, 1.54) is 11.3 Å². The lowest BCUT2D eigenvalue weighted by molar-refractivity contribution is 0.0835. The molecule has 1 atom stereocenters. The summed E-state index contributed by atoms with van der Waals surface area (Å²) in [6.45, 7) is 2.16. The van der Waals surface area contributed by atoms with Crippen LogP contribution in [-0.4, -0.2) is 34.5 Å². The largest absolute Gasteiger partial charge is 0.374 e. The van der Waals surface area contributed by atoms with Crippen molar-refractivity contribution in [3.8, 4) is 11.4 Å². The van der Waals surface area contributed by atoms with Crippen molar-refractivity contribution in [3.05, 3.63) is 63.1 Å². The molecule has 0 saturated carbocycles. The molecule has 0 spiro atoms. The number of aryl methyl sites for hydroxylation is 1. The maximum Gasteiger partial charge on any atom is 0.252 e. The van der Waals surface area contributed by atoms with Crippen LogP contribution in [0.3, 0.4) is 0 Å². The molecule has 27 heavy (non-hydrogen) atoms. The van der Waals surface area contributed by atoms with Gasteiger partial charge in [-0.1, -0.05) is 11.6 Å². The molecule has 140 valence electrons. The van der Waals surface area contributed by atoms with Gasteiger partial charge < -0.3 is 10.1 Å². The number of thiazole rings is 1. The number of rotatable bonds is 6. The zero-order valence-corrected chi connectivity index (χ0v) is 16.1. The topological polar surface area (TPSA) is 77.0 Å². The van der Waals surface area contributed by atoms with Crippen LogP contribution in [0.1, 0.15) is 27.0 Å². The summed E-state index contributed by atoms with van der Waals surface area (Å²) in [5.74, 6) is -0.583. The molecule has 0 fully saturated rings. The molecule has 0 aliphatic heterocycles. The first kappa shape index (κ1) is 19.3. The maximum atomic E-state index is 13.0. The second kappa shape index (κ2) is 8.51. The monoisotopic (exact) mass is 406 g/mol. The highest BCUT2D eigenvalue weighted by molar-refractivity contribution is 7.09. The van der Waals surface area contributed by atoms with Gasteiger partial charge in [-0.2, -0.15) is 0 Å². The SMILES string of the molecule is CO[C@@H](CNC(=O)c1cc(-c2ncc(F)cn2)ccc1Cl)c1scnc1C. The van der Waals surface area contributed by atoms with Crippen molar-refractivity contribution in [2.45, 2.75) is 13.0 Å². The molecular formula is C18H16ClFN4O2S. The number of aromatic nitrogens is 3. The quantitative estimate of drug-likeness (QED) is 0.673. The molecule has 2 heterocycles. The van der Waals surface area contributed by atoms with E-state index in [2.05, 4.69) is 20.3 Å². The Morgan fingerprint density at radius 3 is 2.70 bits per heavy atom. The van der Waals surface area contributed by atoms with Gasteiger partial charge in [0.1, 0.15) is 6.10 Å². The van der Waals surface area contributed by atoms with Gasteiger partial charge in [-0.3, -0.25) is 4.79 Å². The summed E-state index contributed by atoms with van der Waals surface area (Å²) in [7, 11) is 1.58. The fraction of sp³-hybridized carbons (Fsp3) is 0.222. The maximum absolute atomic E-state index is 13.0. The number of methoxy groups -OCH3 is 1. The summed E-state index contributed by atoms with van der Waals surface area (Å²) < 4.78 is 18.5. The van der Waals surface area contributed by atoms with Crippen molar-refractivity contribution in [1.29, 1.82) is 0 Å². The Morgan fingerprint density at radius 1 is 1.33 bits per heavy atom. The number of benzene rings is 1. The second-order valence-corrected chi connectivity index (χ2v) is 6.95. The zero-order valence-electron chi connectivity index (χ0n) is 14.6. The van der Waals surface area contributed by atoms with Crippen LogP contribution in [0.2, 0.25) is 5.02 Å². The van der Waals surface area contributed by atoms with Gasteiger partial charge in [-0.15, -0.1) is 11.3 Å². The molecule has 9 heteroatoms. The standard InChI is InChI=1S/C18H16ClFN4O2S/c1-10-16(27-9-24-10)15(26-2)8-23-18(25)13-5-11(3-4-14(13)19)17-21-6-12(20)7-22-17/h3-7,9,15H,8H2,1-2H3,(H,23,25)/t15-/m0/s1. The van der Waals surface area contributed by atoms with Crippen molar-refractivity contribution < 1.29 is 13.9 Å². The van der Waals surface area contributed by atoms with Crippen molar-refractivity contribution in [2.24, 2.45) is 0 Å². The number of nitrogens with one attached hydrogen (secondary N) is 1. The Labute approximate surface area is 164 Å². The van der Waals surface area contributed by atoms with Crippen molar-refractivity contribution in [3.63, 3.8) is 0 Å². The van der Waals surface area contributed by atoms with Crippen LogP contribution < -0.4 is 5.32 Å². The van der Waals surface area contributed by atoms with Crippen LogP contribution >= 0.6 is 22.9 Å². The number of amides is 1. The van der Waals surface area contributed by atoms with Gasteiger partial charge in [0.25, 0.3) is 5.91 Å². The number of hydrogen-bond donors (Lipinski definition) is 1. The van der Waals surface area contributed by atoms with Gasteiger partial charge in [-0.25, -0.2) is 19.3 Å². The predicted octanol–water partition coefficient (Wildman–Crippen LogP) is 3.82. The first-order valence-corrected chi connectivity index (χ1v) is 9.23. The van der Waals surface area contributed by atoms with Crippen molar-refractivity contribution in [1.82, 2.24) is 20.3 Å². The van der Waals surface area contributed by atoms with Crippen LogP contribution in [0.5, 0.6) is 0 Å². The first-order valence-electron chi connectivity index (χ1n) is 7.98. The Balaban J connectivity index is 1.77. The van der Waals surface area contributed by atoms with E-state index in [1.54, 1.807) is 30.8 Å². The molecule has 1 amide bonds. The van der Waals surface area contributed by atoms with Gasteiger partial charge in [0.15, 0.2) is 11.6 Å². The summed E-state index contributed by atoms with van der Waals surface area (Å²) in [4.78, 5) is 25.6. The fourth-order valence-electron chi connectivity index (χ4n) is 2.48. The molecule has 3 rings (SSSR count). The van der Waals surface area contributed by atoms with Gasteiger partial charge in [0.2, 0.25) is 0 Å². The van der Waals surface area contributed by atoms with Gasteiger partial charge in [0, 0.05) is 19.2 Å². The predicted molar refractivity (Wildman–Crippen MR) is 101 cm³/mol. The van der Waals surface area contributed by atoms with Gasteiger partial charge in [0.05, 0.1) is 39.1 Å². The van der Waals surface area contributed by atoms with Crippen LogP contribution in [0.4, 0.5) is 4.39 Å². The second-order valence-electron chi connectivity index (χ2n) is 5.66. The lowest BCUT2D eigenvalue weighted by Gasteiger charge is -2.16. The van der Waals surface area contributed by atoms with Crippen molar-refractivity contribution in [2.75, 3.05) is 13.7 Å². The number of nitrogens with zero attached hydrogens (tertiary/aromatic N) is 3. The minimum Gasteiger partial charge on any atom is -0.374 e. The molecular weight excluding hydrogens is 391 g/mol. The minimum atomic E-state index is -0.533. The first-order chi connectivity index (χ1) is 13.0. The highest BCUT2D eigenvalue weighted by atomic mass is 35.5. The summed E-state index contributed by atoms with van der Waals surface area (Å²) >= 11 is 7.65. The number of carbonyl (C=O) groups is 1. The van der Waals surface area contributed by atoms with E-state index in [9.17, 15) is 9.18 Å². The van der Waals surface area contributed by atoms with Crippen molar-refractivity contribution >= 4 is 28.8 Å². The van der Waals surface area contributed by atoms with Crippen LogP contribution in [-0.2, 0) is 4.74 Å². The average Bonchev–Trinajstić information content (AvgIpc) is 3.09. The summed E-state index contributed by atoms with van der Waals surface area (Å²) in [6, 6.07) is 4.83. The molecule has 6 nitrogen and oxygen atoms in total. The molecule has 0 aliphatic rings. The molecule has 0 aliphatic carbocycles. The van der Waals surface area contributed by atoms with Gasteiger partial charge in [-0.05, 0) is 25.1 Å². The van der Waals surface area contributed by atoms with Crippen LogP contribution in [0.25, 0.3) is 11.4 Å². The summed E-state index contributed by atoms with van der Waals surface area (Å²) in [6.07, 6.45) is 1.83. The van der Waals surface area contributed by atoms with E-state index in [4.69, 9.17) is 16.3 Å². The Hall–Kier alpha value is -2.42. The third kappa shape index (κ3) is 4.47. The normalized spacial score (nSPS) is 12.0. The van der Waals surface area contributed by atoms with Gasteiger partial charge >= 0.3 is 0 Å². The molecule has 2 aromatic heterocycles. The van der Waals surface area contributed by atoms with E-state index in [0.717, 1.165) is 23.0 Å². The molecule has 0 radical (unpaired) electrons. The number of carbonyl (C=O) groups excluding carboxylic acids is 1. The lowest BCUT2D eigenvalue weighted by Crippen LogP contribution is -2.29. The van der Waals surface area contributed by atoms with Crippen LogP contribution in [0.15, 0.2) is 36.1 Å². The third-order valence-electron chi connectivity index (χ3n) is 3.90. The molecule has 0 saturated heterocycles. The molecule has 1 aromatic carbocycles. The third-order valence-corrected chi connectivity index (χ3v) is 5.25. The Bertz CT molecular complexity index is 949. The highest BCUT2D eigenvalue weighted by Gasteiger charge is 2.19. The van der Waals surface area contributed by atoms with E-state index >= 15 is 0 Å². The highest BCUT2D eigenvalue weighted by Crippen LogP contribution is 2.25. The minimum absolute atomic E-state index is 0.270. The number of hydrogen-bond acceptors (Lipinski definition) is 6. The van der Waals surface area contributed by atoms with Crippen LogP contribution in [0, 0.1) is 12.7 Å². The fourth-order valence-corrected chi connectivity index (χ4v) is 3.57. The molecule has 0 bridgehead atoms. The summed E-state index contributed by atoms with van der Waals surface area (Å²) in [5.41, 5.74) is 3.44. The number of halogens is 2. The average molecular weight is 407 g/mol.